The fraction of sp³-hybridized carbons (Fsp3) is 0.400. The Morgan fingerprint density at radius 2 is 2.33 bits per heavy atom. The lowest BCUT2D eigenvalue weighted by Crippen LogP contribution is -2.13. The van der Waals surface area contributed by atoms with Gasteiger partial charge in [-0.3, -0.25) is 4.79 Å². The fourth-order valence-corrected chi connectivity index (χ4v) is 1.63. The van der Waals surface area contributed by atoms with Crippen molar-refractivity contribution in [2.24, 2.45) is 0 Å². The van der Waals surface area contributed by atoms with Crippen molar-refractivity contribution >= 4 is 17.5 Å². The van der Waals surface area contributed by atoms with Crippen LogP contribution in [0.15, 0.2) is 10.8 Å². The van der Waals surface area contributed by atoms with Crippen molar-refractivity contribution in [3.63, 3.8) is 0 Å². The van der Waals surface area contributed by atoms with E-state index < -0.39 is 4.92 Å². The van der Waals surface area contributed by atoms with Crippen LogP contribution in [0.5, 0.6) is 5.88 Å². The van der Waals surface area contributed by atoms with E-state index in [0.717, 1.165) is 0 Å². The van der Waals surface area contributed by atoms with Crippen LogP contribution in [0.4, 0.5) is 11.6 Å². The van der Waals surface area contributed by atoms with Crippen LogP contribution in [0.25, 0.3) is 0 Å². The average Bonchev–Trinajstić information content (AvgIpc) is 2.97. The standard InChI is InChI=1S/C10H12N6O5/c1-6-11-5-8(16(18)19)15(6)3-4-20-10-9(12-7(2)17)13-21-14-10/h5H,3-4H2,1-2H3,(H,12,13,17). The molecule has 0 unspecified atom stereocenters. The number of ether oxygens (including phenoxy) is 1. The van der Waals surface area contributed by atoms with Crippen molar-refractivity contribution in [2.75, 3.05) is 11.9 Å². The van der Waals surface area contributed by atoms with Gasteiger partial charge in [-0.15, -0.1) is 0 Å². The molecule has 112 valence electrons. The number of nitro groups is 1. The lowest BCUT2D eigenvalue weighted by molar-refractivity contribution is -0.392. The maximum absolute atomic E-state index is 10.9. The minimum absolute atomic E-state index is 0.00521. The topological polar surface area (TPSA) is 138 Å². The molecule has 0 saturated carbocycles. The Labute approximate surface area is 118 Å². The molecule has 1 N–H and O–H groups in total. The number of amides is 1. The second kappa shape index (κ2) is 5.98. The van der Waals surface area contributed by atoms with E-state index in [1.165, 1.54) is 17.7 Å². The molecule has 0 aliphatic carbocycles. The van der Waals surface area contributed by atoms with Crippen molar-refractivity contribution in [1.82, 2.24) is 19.9 Å². The molecule has 0 atom stereocenters. The zero-order valence-electron chi connectivity index (χ0n) is 11.3. The number of hydrogen-bond donors (Lipinski definition) is 1. The summed E-state index contributed by atoms with van der Waals surface area (Å²) in [7, 11) is 0. The maximum atomic E-state index is 10.9. The first kappa shape index (κ1) is 14.4. The van der Waals surface area contributed by atoms with E-state index in [4.69, 9.17) is 4.74 Å². The van der Waals surface area contributed by atoms with Gasteiger partial charge in [0.2, 0.25) is 11.7 Å². The van der Waals surface area contributed by atoms with Crippen molar-refractivity contribution in [1.29, 1.82) is 0 Å². The number of imidazole rings is 1. The third kappa shape index (κ3) is 3.32. The van der Waals surface area contributed by atoms with E-state index in [1.54, 1.807) is 6.92 Å². The molecular weight excluding hydrogens is 284 g/mol. The van der Waals surface area contributed by atoms with Crippen molar-refractivity contribution < 1.29 is 19.1 Å². The number of nitrogens with zero attached hydrogens (tertiary/aromatic N) is 5. The Morgan fingerprint density at radius 1 is 1.57 bits per heavy atom. The van der Waals surface area contributed by atoms with Crippen LogP contribution < -0.4 is 10.1 Å². The monoisotopic (exact) mass is 296 g/mol. The minimum Gasteiger partial charge on any atom is -0.469 e. The second-order valence-electron chi connectivity index (χ2n) is 4.02. The lowest BCUT2D eigenvalue weighted by atomic mass is 10.5. The third-order valence-electron chi connectivity index (χ3n) is 2.53. The quantitative estimate of drug-likeness (QED) is 0.601. The highest BCUT2D eigenvalue weighted by Gasteiger charge is 2.18. The first-order chi connectivity index (χ1) is 9.99. The van der Waals surface area contributed by atoms with Gasteiger partial charge in [-0.05, 0) is 15.2 Å². The highest BCUT2D eigenvalue weighted by molar-refractivity contribution is 5.88. The number of aryl methyl sites for hydroxylation is 1. The number of carbonyl (C=O) groups is 1. The molecule has 0 radical (unpaired) electrons. The fourth-order valence-electron chi connectivity index (χ4n) is 1.63. The summed E-state index contributed by atoms with van der Waals surface area (Å²) < 4.78 is 11.1. The molecular formula is C10H12N6O5. The van der Waals surface area contributed by atoms with Gasteiger partial charge in [-0.2, -0.15) is 0 Å². The smallest absolute Gasteiger partial charge is 0.342 e. The predicted molar refractivity (Wildman–Crippen MR) is 67.7 cm³/mol. The molecule has 11 heteroatoms. The molecule has 21 heavy (non-hydrogen) atoms. The van der Waals surface area contributed by atoms with Gasteiger partial charge in [0, 0.05) is 13.8 Å². The van der Waals surface area contributed by atoms with E-state index in [1.807, 2.05) is 0 Å². The van der Waals surface area contributed by atoms with Crippen LogP contribution in [0.3, 0.4) is 0 Å². The molecule has 0 saturated heterocycles. The summed E-state index contributed by atoms with van der Waals surface area (Å²) in [6.07, 6.45) is 1.18. The normalized spacial score (nSPS) is 10.4. The van der Waals surface area contributed by atoms with Gasteiger partial charge >= 0.3 is 11.7 Å². The van der Waals surface area contributed by atoms with E-state index in [0.29, 0.717) is 5.82 Å². The number of aromatic nitrogens is 4. The zero-order valence-corrected chi connectivity index (χ0v) is 11.3. The first-order valence-corrected chi connectivity index (χ1v) is 5.88. The molecule has 11 nitrogen and oxygen atoms in total. The maximum Gasteiger partial charge on any atom is 0.342 e. The first-order valence-electron chi connectivity index (χ1n) is 5.88. The molecule has 0 bridgehead atoms. The van der Waals surface area contributed by atoms with Crippen LogP contribution in [0.2, 0.25) is 0 Å². The molecule has 1 amide bonds. The van der Waals surface area contributed by atoms with Crippen LogP contribution in [0, 0.1) is 17.0 Å². The van der Waals surface area contributed by atoms with Crippen LogP contribution >= 0.6 is 0 Å². The molecule has 2 rings (SSSR count). The number of anilines is 1. The van der Waals surface area contributed by atoms with Gasteiger partial charge < -0.3 is 20.2 Å². The van der Waals surface area contributed by atoms with Gasteiger partial charge in [0.25, 0.3) is 0 Å². The van der Waals surface area contributed by atoms with Crippen molar-refractivity contribution in [2.45, 2.75) is 20.4 Å². The number of rotatable bonds is 6. The Hall–Kier alpha value is -2.98. The summed E-state index contributed by atoms with van der Waals surface area (Å²) in [5.74, 6) is 0.0729. The van der Waals surface area contributed by atoms with E-state index in [2.05, 4.69) is 25.2 Å². The van der Waals surface area contributed by atoms with Crippen LogP contribution in [-0.4, -0.2) is 37.3 Å². The van der Waals surface area contributed by atoms with Crippen LogP contribution in [-0.2, 0) is 11.3 Å². The SMILES string of the molecule is CC(=O)Nc1nonc1OCCn1c([N+](=O)[O-])cnc1C. The summed E-state index contributed by atoms with van der Waals surface area (Å²) in [5.41, 5.74) is 0. The highest BCUT2D eigenvalue weighted by atomic mass is 16.6. The van der Waals surface area contributed by atoms with Crippen molar-refractivity contribution in [3.05, 3.63) is 22.1 Å². The zero-order chi connectivity index (χ0) is 15.4. The van der Waals surface area contributed by atoms with Gasteiger partial charge in [-0.1, -0.05) is 0 Å². The molecule has 0 aromatic carbocycles. The Kier molecular flexibility index (Phi) is 4.11. The predicted octanol–water partition coefficient (Wildman–Crippen LogP) is 0.520. The van der Waals surface area contributed by atoms with Gasteiger partial charge in [0.05, 0.1) is 0 Å². The highest BCUT2D eigenvalue weighted by Crippen LogP contribution is 2.19. The largest absolute Gasteiger partial charge is 0.469 e. The summed E-state index contributed by atoms with van der Waals surface area (Å²) in [5, 5.41) is 20.2. The van der Waals surface area contributed by atoms with E-state index >= 15 is 0 Å². The van der Waals surface area contributed by atoms with Gasteiger partial charge in [0.15, 0.2) is 5.82 Å². The molecule has 0 aliphatic heterocycles. The molecule has 2 aromatic heterocycles. The van der Waals surface area contributed by atoms with Gasteiger partial charge in [0.1, 0.15) is 19.3 Å². The summed E-state index contributed by atoms with van der Waals surface area (Å²) in [6.45, 7) is 3.21. The van der Waals surface area contributed by atoms with Crippen molar-refractivity contribution in [3.8, 4) is 5.88 Å². The Bertz CT molecular complexity index is 663. The number of nitrogens with one attached hydrogen (secondary N) is 1. The summed E-state index contributed by atoms with van der Waals surface area (Å²) in [4.78, 5) is 25.1. The number of carbonyl (C=O) groups excluding carboxylic acids is 1. The minimum atomic E-state index is -0.527. The Balaban J connectivity index is 1.99. The Morgan fingerprint density at radius 3 is 3.00 bits per heavy atom. The van der Waals surface area contributed by atoms with E-state index in [-0.39, 0.29) is 36.6 Å². The van der Waals surface area contributed by atoms with E-state index in [9.17, 15) is 14.9 Å². The molecule has 2 heterocycles. The number of hydrogen-bond acceptors (Lipinski definition) is 8. The van der Waals surface area contributed by atoms with Crippen LogP contribution in [0.1, 0.15) is 12.7 Å². The second-order valence-corrected chi connectivity index (χ2v) is 4.02. The molecule has 2 aromatic rings. The molecule has 0 aliphatic rings. The third-order valence-corrected chi connectivity index (χ3v) is 2.53. The summed E-state index contributed by atoms with van der Waals surface area (Å²) >= 11 is 0. The molecule has 0 fully saturated rings. The lowest BCUT2D eigenvalue weighted by Gasteiger charge is -2.04. The van der Waals surface area contributed by atoms with Gasteiger partial charge in [-0.25, -0.2) is 14.2 Å². The summed E-state index contributed by atoms with van der Waals surface area (Å²) in [6, 6.07) is 0. The molecule has 0 spiro atoms. The average molecular weight is 296 g/mol.